The molecule has 0 aliphatic rings. The third-order valence-electron chi connectivity index (χ3n) is 3.14. The second-order valence-electron chi connectivity index (χ2n) is 4.56. The minimum absolute atomic E-state index is 0.340. The molecule has 5 heteroatoms. The molecule has 0 amide bonds. The van der Waals surface area contributed by atoms with Crippen molar-refractivity contribution in [3.8, 4) is 22.5 Å². The summed E-state index contributed by atoms with van der Waals surface area (Å²) in [5.41, 5.74) is 3.38. The Balaban J connectivity index is 2.15. The van der Waals surface area contributed by atoms with E-state index in [9.17, 15) is 0 Å². The molecule has 21 heavy (non-hydrogen) atoms. The normalized spacial score (nSPS) is 10.6. The third kappa shape index (κ3) is 2.75. The van der Waals surface area contributed by atoms with Crippen LogP contribution in [0.1, 0.15) is 5.56 Å². The maximum atomic E-state index is 6.32. The molecule has 0 aliphatic heterocycles. The Kier molecular flexibility index (Phi) is 3.86. The van der Waals surface area contributed by atoms with Gasteiger partial charge in [-0.15, -0.1) is 0 Å². The number of hydrogen-bond acceptors (Lipinski definition) is 3. The van der Waals surface area contributed by atoms with E-state index in [1.54, 1.807) is 12.4 Å². The van der Waals surface area contributed by atoms with E-state index in [1.165, 1.54) is 0 Å². The molecule has 0 saturated carbocycles. The van der Waals surface area contributed by atoms with Crippen molar-refractivity contribution in [2.75, 3.05) is 0 Å². The molecule has 3 aromatic rings. The van der Waals surface area contributed by atoms with E-state index in [2.05, 4.69) is 15.0 Å². The summed E-state index contributed by atoms with van der Waals surface area (Å²) in [5.74, 6) is 0.504. The van der Waals surface area contributed by atoms with Crippen LogP contribution >= 0.6 is 23.2 Å². The van der Waals surface area contributed by atoms with E-state index in [4.69, 9.17) is 23.2 Å². The zero-order valence-corrected chi connectivity index (χ0v) is 12.7. The van der Waals surface area contributed by atoms with Crippen LogP contribution in [0.5, 0.6) is 0 Å². The zero-order chi connectivity index (χ0) is 14.8. The molecular weight excluding hydrogens is 305 g/mol. The summed E-state index contributed by atoms with van der Waals surface area (Å²) in [7, 11) is 0. The van der Waals surface area contributed by atoms with Crippen LogP contribution in [-0.2, 0) is 0 Å². The van der Waals surface area contributed by atoms with Gasteiger partial charge in [0.15, 0.2) is 5.82 Å². The topological polar surface area (TPSA) is 38.7 Å². The fourth-order valence-electron chi connectivity index (χ4n) is 2.10. The number of hydrogen-bond donors (Lipinski definition) is 0. The Labute approximate surface area is 132 Å². The molecule has 3 nitrogen and oxygen atoms in total. The van der Waals surface area contributed by atoms with Crippen molar-refractivity contribution in [2.24, 2.45) is 0 Å². The van der Waals surface area contributed by atoms with E-state index in [0.717, 1.165) is 16.7 Å². The highest BCUT2D eigenvalue weighted by Gasteiger charge is 2.15. The number of rotatable bonds is 2. The van der Waals surface area contributed by atoms with E-state index >= 15 is 0 Å². The van der Waals surface area contributed by atoms with Gasteiger partial charge in [0.1, 0.15) is 10.3 Å². The van der Waals surface area contributed by atoms with Gasteiger partial charge in [-0.05, 0) is 24.1 Å². The molecular formula is C16H11Cl2N3. The van der Waals surface area contributed by atoms with Gasteiger partial charge in [-0.2, -0.15) is 0 Å². The summed E-state index contributed by atoms with van der Waals surface area (Å²) < 4.78 is 0. The second kappa shape index (κ2) is 5.80. The lowest BCUT2D eigenvalue weighted by atomic mass is 10.1. The van der Waals surface area contributed by atoms with Gasteiger partial charge in [0.25, 0.3) is 0 Å². The standard InChI is InChI=1S/C16H11Cl2N3/c1-10-9-19-8-7-12(10)16-20-14(17)13(15(18)21-16)11-5-3-2-4-6-11/h2-9H,1H3. The van der Waals surface area contributed by atoms with Crippen LogP contribution in [-0.4, -0.2) is 15.0 Å². The first-order chi connectivity index (χ1) is 10.2. The maximum Gasteiger partial charge on any atom is 0.162 e. The molecule has 104 valence electrons. The molecule has 0 unspecified atom stereocenters. The predicted octanol–water partition coefficient (Wildman–Crippen LogP) is 4.82. The fourth-order valence-corrected chi connectivity index (χ4v) is 2.70. The highest BCUT2D eigenvalue weighted by molar-refractivity contribution is 6.37. The molecule has 3 rings (SSSR count). The molecule has 0 fully saturated rings. The molecule has 0 saturated heterocycles. The average Bonchev–Trinajstić information content (AvgIpc) is 2.48. The van der Waals surface area contributed by atoms with E-state index < -0.39 is 0 Å². The first-order valence-electron chi connectivity index (χ1n) is 6.36. The van der Waals surface area contributed by atoms with Crippen LogP contribution in [0.3, 0.4) is 0 Å². The van der Waals surface area contributed by atoms with Crippen LogP contribution in [0.4, 0.5) is 0 Å². The second-order valence-corrected chi connectivity index (χ2v) is 5.28. The molecule has 1 aromatic carbocycles. The summed E-state index contributed by atoms with van der Waals surface area (Å²) in [6, 6.07) is 11.5. The number of aromatic nitrogens is 3. The van der Waals surface area contributed by atoms with Crippen LogP contribution < -0.4 is 0 Å². The van der Waals surface area contributed by atoms with E-state index in [0.29, 0.717) is 21.7 Å². The van der Waals surface area contributed by atoms with Crippen LogP contribution in [0, 0.1) is 6.92 Å². The Bertz CT molecular complexity index is 766. The number of nitrogens with zero attached hydrogens (tertiary/aromatic N) is 3. The van der Waals surface area contributed by atoms with Gasteiger partial charge in [0, 0.05) is 18.0 Å². The Morgan fingerprint density at radius 3 is 2.19 bits per heavy atom. The minimum Gasteiger partial charge on any atom is -0.264 e. The maximum absolute atomic E-state index is 6.32. The first kappa shape index (κ1) is 14.0. The van der Waals surface area contributed by atoms with Crippen LogP contribution in [0.2, 0.25) is 10.3 Å². The van der Waals surface area contributed by atoms with Gasteiger partial charge in [0.05, 0.1) is 5.56 Å². The van der Waals surface area contributed by atoms with Crippen molar-refractivity contribution in [2.45, 2.75) is 6.92 Å². The van der Waals surface area contributed by atoms with Crippen molar-refractivity contribution in [1.29, 1.82) is 0 Å². The highest BCUT2D eigenvalue weighted by Crippen LogP contribution is 2.34. The molecule has 2 heterocycles. The van der Waals surface area contributed by atoms with Gasteiger partial charge in [-0.3, -0.25) is 4.98 Å². The van der Waals surface area contributed by atoms with Gasteiger partial charge in [0.2, 0.25) is 0 Å². The number of benzene rings is 1. The summed E-state index contributed by atoms with van der Waals surface area (Å²) in [6.07, 6.45) is 3.45. The van der Waals surface area contributed by atoms with Gasteiger partial charge >= 0.3 is 0 Å². The van der Waals surface area contributed by atoms with E-state index in [-0.39, 0.29) is 0 Å². The van der Waals surface area contributed by atoms with Crippen molar-refractivity contribution >= 4 is 23.2 Å². The third-order valence-corrected chi connectivity index (χ3v) is 3.69. The minimum atomic E-state index is 0.340. The van der Waals surface area contributed by atoms with Crippen LogP contribution in [0.25, 0.3) is 22.5 Å². The molecule has 0 bridgehead atoms. The predicted molar refractivity (Wildman–Crippen MR) is 85.5 cm³/mol. The van der Waals surface area contributed by atoms with Crippen molar-refractivity contribution < 1.29 is 0 Å². The van der Waals surface area contributed by atoms with Gasteiger partial charge < -0.3 is 0 Å². The molecule has 0 atom stereocenters. The van der Waals surface area contributed by atoms with Gasteiger partial charge in [-0.25, -0.2) is 9.97 Å². The Morgan fingerprint density at radius 2 is 1.57 bits per heavy atom. The zero-order valence-electron chi connectivity index (χ0n) is 11.2. The summed E-state index contributed by atoms with van der Waals surface area (Å²) in [6.45, 7) is 1.94. The lowest BCUT2D eigenvalue weighted by Crippen LogP contribution is -1.96. The Morgan fingerprint density at radius 1 is 0.905 bits per heavy atom. The lowest BCUT2D eigenvalue weighted by molar-refractivity contribution is 1.16. The van der Waals surface area contributed by atoms with Crippen LogP contribution in [0.15, 0.2) is 48.8 Å². The van der Waals surface area contributed by atoms with Gasteiger partial charge in [-0.1, -0.05) is 53.5 Å². The molecule has 0 N–H and O–H groups in total. The number of halogens is 2. The molecule has 0 aliphatic carbocycles. The molecule has 2 aromatic heterocycles. The van der Waals surface area contributed by atoms with E-state index in [1.807, 2.05) is 43.3 Å². The monoisotopic (exact) mass is 315 g/mol. The number of aryl methyl sites for hydroxylation is 1. The quantitative estimate of drug-likeness (QED) is 0.636. The summed E-state index contributed by atoms with van der Waals surface area (Å²) in [5, 5.41) is 0.680. The lowest BCUT2D eigenvalue weighted by Gasteiger charge is -2.09. The van der Waals surface area contributed by atoms with Crippen molar-refractivity contribution in [3.63, 3.8) is 0 Å². The summed E-state index contributed by atoms with van der Waals surface area (Å²) in [4.78, 5) is 12.8. The number of pyridine rings is 1. The van der Waals surface area contributed by atoms with Crippen molar-refractivity contribution in [3.05, 3.63) is 64.7 Å². The Hall–Kier alpha value is -1.97. The largest absolute Gasteiger partial charge is 0.264 e. The van der Waals surface area contributed by atoms with Crippen molar-refractivity contribution in [1.82, 2.24) is 15.0 Å². The molecule has 0 radical (unpaired) electrons. The summed E-state index contributed by atoms with van der Waals surface area (Å²) >= 11 is 12.6. The highest BCUT2D eigenvalue weighted by atomic mass is 35.5. The first-order valence-corrected chi connectivity index (χ1v) is 7.12. The SMILES string of the molecule is Cc1cnccc1-c1nc(Cl)c(-c2ccccc2)c(Cl)n1. The molecule has 0 spiro atoms. The average molecular weight is 316 g/mol. The smallest absolute Gasteiger partial charge is 0.162 e. The fraction of sp³-hybridized carbons (Fsp3) is 0.0625.